The van der Waals surface area contributed by atoms with Crippen LogP contribution in [0.3, 0.4) is 0 Å². The van der Waals surface area contributed by atoms with Gasteiger partial charge in [-0.3, -0.25) is 0 Å². The van der Waals surface area contributed by atoms with Crippen LogP contribution in [0.15, 0.2) is 36.7 Å². The summed E-state index contributed by atoms with van der Waals surface area (Å²) in [5.41, 5.74) is 3.78. The first-order valence-electron chi connectivity index (χ1n) is 9.85. The molecule has 0 aliphatic carbocycles. The molecule has 1 N–H and O–H groups in total. The van der Waals surface area contributed by atoms with E-state index in [1.807, 2.05) is 10.8 Å². The van der Waals surface area contributed by atoms with Crippen molar-refractivity contribution in [3.63, 3.8) is 0 Å². The van der Waals surface area contributed by atoms with Gasteiger partial charge in [-0.2, -0.15) is 0 Å². The molecule has 1 saturated heterocycles. The fraction of sp³-hybridized carbons (Fsp3) is 0.714. The van der Waals surface area contributed by atoms with Gasteiger partial charge in [-0.1, -0.05) is 42.9 Å². The van der Waals surface area contributed by atoms with Crippen molar-refractivity contribution in [2.24, 2.45) is 0 Å². The van der Waals surface area contributed by atoms with Gasteiger partial charge in [0.1, 0.15) is 0 Å². The Morgan fingerprint density at radius 3 is 2.60 bits per heavy atom. The fourth-order valence-electron chi connectivity index (χ4n) is 3.31. The highest BCUT2D eigenvalue weighted by atomic mass is 33.1. The Labute approximate surface area is 164 Å². The Kier molecular flexibility index (Phi) is 12.4. The molecule has 1 rings (SSSR count). The van der Waals surface area contributed by atoms with Crippen LogP contribution in [0.1, 0.15) is 78.1 Å². The van der Waals surface area contributed by atoms with E-state index in [9.17, 15) is 0 Å². The van der Waals surface area contributed by atoms with E-state index in [1.54, 1.807) is 11.0 Å². The maximum absolute atomic E-state index is 4.34. The van der Waals surface area contributed by atoms with Crippen molar-refractivity contribution in [2.75, 3.05) is 12.3 Å². The van der Waals surface area contributed by atoms with Gasteiger partial charge in [0.2, 0.25) is 0 Å². The molecule has 0 bridgehead atoms. The summed E-state index contributed by atoms with van der Waals surface area (Å²) < 4.78 is 3.37. The Morgan fingerprint density at radius 1 is 1.12 bits per heavy atom. The molecule has 2 nitrogen and oxygen atoms in total. The zero-order valence-electron chi connectivity index (χ0n) is 16.4. The molecule has 0 amide bonds. The first-order chi connectivity index (χ1) is 12.0. The molecule has 25 heavy (non-hydrogen) atoms. The summed E-state index contributed by atoms with van der Waals surface area (Å²) in [5, 5.41) is 0. The lowest BCUT2D eigenvalue weighted by atomic mass is 10.1. The second kappa shape index (κ2) is 13.7. The summed E-state index contributed by atoms with van der Waals surface area (Å²) in [5.74, 6) is 1.16. The third-order valence-electron chi connectivity index (χ3n) is 4.68. The van der Waals surface area contributed by atoms with Gasteiger partial charge < -0.3 is 9.62 Å². The first kappa shape index (κ1) is 22.6. The van der Waals surface area contributed by atoms with Crippen LogP contribution in [0.2, 0.25) is 0 Å². The Hall–Kier alpha value is -0.480. The molecule has 1 atom stereocenters. The smallest absolute Gasteiger partial charge is 0.0287 e. The minimum atomic E-state index is 0.759. The zero-order chi connectivity index (χ0) is 18.5. The molecule has 0 aromatic rings. The summed E-state index contributed by atoms with van der Waals surface area (Å²) in [4.78, 5) is 2.58. The van der Waals surface area contributed by atoms with Crippen LogP contribution in [-0.4, -0.2) is 23.2 Å². The minimum Gasteiger partial charge on any atom is -0.372 e. The summed E-state index contributed by atoms with van der Waals surface area (Å²) in [6.07, 6.45) is 12.2. The standard InChI is InChI=1S/C21H38N2S2/c1-6-11-21-15-9-16-23(21)20(5)14-10-17-24-25-22-19(4)13-8-7-12-18(2)3/h21-22H,2,4-17H2,1,3H3. The highest BCUT2D eigenvalue weighted by molar-refractivity contribution is 8.76. The lowest BCUT2D eigenvalue weighted by Gasteiger charge is -2.28. The molecule has 4 heteroatoms. The Balaban J connectivity index is 2.00. The van der Waals surface area contributed by atoms with Gasteiger partial charge in [0, 0.05) is 40.7 Å². The largest absolute Gasteiger partial charge is 0.372 e. The molecule has 0 aromatic carbocycles. The van der Waals surface area contributed by atoms with Gasteiger partial charge in [-0.15, -0.1) is 6.58 Å². The van der Waals surface area contributed by atoms with Crippen molar-refractivity contribution in [2.45, 2.75) is 84.1 Å². The van der Waals surface area contributed by atoms with E-state index in [0.29, 0.717) is 0 Å². The maximum atomic E-state index is 4.34. The number of hydrogen-bond acceptors (Lipinski definition) is 4. The molecule has 0 radical (unpaired) electrons. The van der Waals surface area contributed by atoms with Crippen molar-refractivity contribution < 1.29 is 0 Å². The van der Waals surface area contributed by atoms with Crippen LogP contribution in [-0.2, 0) is 0 Å². The van der Waals surface area contributed by atoms with Gasteiger partial charge in [0.25, 0.3) is 0 Å². The van der Waals surface area contributed by atoms with Crippen molar-refractivity contribution >= 4 is 21.8 Å². The van der Waals surface area contributed by atoms with Crippen LogP contribution in [0, 0.1) is 0 Å². The van der Waals surface area contributed by atoms with Gasteiger partial charge in [-0.05, 0) is 64.7 Å². The predicted octanol–water partition coefficient (Wildman–Crippen LogP) is 7.08. The molecule has 0 aromatic heterocycles. The van der Waals surface area contributed by atoms with Crippen LogP contribution < -0.4 is 4.72 Å². The topological polar surface area (TPSA) is 15.3 Å². The molecule has 1 aliphatic heterocycles. The fourth-order valence-corrected chi connectivity index (χ4v) is 5.07. The van der Waals surface area contributed by atoms with E-state index in [0.717, 1.165) is 36.8 Å². The molecule has 0 spiro atoms. The normalized spacial score (nSPS) is 16.9. The highest BCUT2D eigenvalue weighted by Crippen LogP contribution is 2.28. The van der Waals surface area contributed by atoms with Gasteiger partial charge in [-0.25, -0.2) is 0 Å². The first-order valence-corrected chi connectivity index (χ1v) is 12.2. The number of likely N-dealkylation sites (tertiary alicyclic amines) is 1. The third kappa shape index (κ3) is 10.3. The maximum Gasteiger partial charge on any atom is 0.0287 e. The number of nitrogens with zero attached hydrogens (tertiary/aromatic N) is 1. The monoisotopic (exact) mass is 382 g/mol. The second-order valence-electron chi connectivity index (χ2n) is 7.22. The number of rotatable bonds is 15. The highest BCUT2D eigenvalue weighted by Gasteiger charge is 2.23. The molecule has 1 unspecified atom stereocenters. The van der Waals surface area contributed by atoms with Crippen molar-refractivity contribution in [1.82, 2.24) is 9.62 Å². The van der Waals surface area contributed by atoms with E-state index in [-0.39, 0.29) is 0 Å². The van der Waals surface area contributed by atoms with E-state index in [2.05, 4.69) is 43.2 Å². The van der Waals surface area contributed by atoms with Crippen LogP contribution in [0.5, 0.6) is 0 Å². The van der Waals surface area contributed by atoms with E-state index >= 15 is 0 Å². The average molecular weight is 383 g/mol. The van der Waals surface area contributed by atoms with Crippen LogP contribution in [0.25, 0.3) is 0 Å². The number of nitrogens with one attached hydrogen (secondary N) is 1. The van der Waals surface area contributed by atoms with Crippen LogP contribution in [0.4, 0.5) is 0 Å². The summed E-state index contributed by atoms with van der Waals surface area (Å²) in [7, 11) is 3.62. The minimum absolute atomic E-state index is 0.759. The van der Waals surface area contributed by atoms with E-state index < -0.39 is 0 Å². The van der Waals surface area contributed by atoms with Crippen molar-refractivity contribution in [3.8, 4) is 0 Å². The Morgan fingerprint density at radius 2 is 1.88 bits per heavy atom. The summed E-state index contributed by atoms with van der Waals surface area (Å²) in [6, 6.07) is 0.759. The number of unbranched alkanes of at least 4 members (excludes halogenated alkanes) is 1. The lowest BCUT2D eigenvalue weighted by molar-refractivity contribution is 0.295. The van der Waals surface area contributed by atoms with E-state index in [1.165, 1.54) is 62.8 Å². The van der Waals surface area contributed by atoms with Gasteiger partial charge >= 0.3 is 0 Å². The quantitative estimate of drug-likeness (QED) is 0.141. The molecule has 144 valence electrons. The van der Waals surface area contributed by atoms with E-state index in [4.69, 9.17) is 0 Å². The molecule has 1 aliphatic rings. The van der Waals surface area contributed by atoms with Gasteiger partial charge in [0.15, 0.2) is 0 Å². The third-order valence-corrected chi connectivity index (χ3v) is 6.72. The Bertz CT molecular complexity index is 420. The van der Waals surface area contributed by atoms with Gasteiger partial charge in [0.05, 0.1) is 0 Å². The number of allylic oxidation sites excluding steroid dienone is 3. The summed E-state index contributed by atoms with van der Waals surface area (Å²) >= 11 is 0. The average Bonchev–Trinajstić information content (AvgIpc) is 3.03. The molecular weight excluding hydrogens is 344 g/mol. The van der Waals surface area contributed by atoms with Crippen molar-refractivity contribution in [1.29, 1.82) is 0 Å². The molecular formula is C21H38N2S2. The lowest BCUT2D eigenvalue weighted by Crippen LogP contribution is -2.28. The summed E-state index contributed by atoms with van der Waals surface area (Å²) in [6.45, 7) is 18.0. The molecule has 0 saturated carbocycles. The molecule has 1 fully saturated rings. The zero-order valence-corrected chi connectivity index (χ0v) is 18.1. The predicted molar refractivity (Wildman–Crippen MR) is 119 cm³/mol. The van der Waals surface area contributed by atoms with Crippen molar-refractivity contribution in [3.05, 3.63) is 36.7 Å². The molecule has 1 heterocycles. The SMILES string of the molecule is C=C(C)CCCCC(=C)NSSCCCC(=C)N1CCCC1CCC. The number of hydrogen-bond donors (Lipinski definition) is 1. The van der Waals surface area contributed by atoms with Crippen LogP contribution >= 0.6 is 21.8 Å². The second-order valence-corrected chi connectivity index (χ2v) is 9.44.